The molecular weight excluding hydrogens is 70.0 g/mol. The Balaban J connectivity index is -0.0000000133. The van der Waals surface area contributed by atoms with E-state index in [1.807, 2.05) is 0 Å². The molecule has 0 saturated carbocycles. The van der Waals surface area contributed by atoms with Gasteiger partial charge in [0, 0.05) is 14.2 Å². The molecule has 0 aliphatic rings. The lowest BCUT2D eigenvalue weighted by molar-refractivity contribution is 0.399. The monoisotopic (exact) mass is 81.1 g/mol. The van der Waals surface area contributed by atoms with E-state index in [4.69, 9.17) is 10.2 Å². The zero-order valence-electron chi connectivity index (χ0n) is 3.60. The molecule has 5 N–H and O–H groups in total. The highest BCUT2D eigenvalue weighted by atomic mass is 16.2. The van der Waals surface area contributed by atoms with Gasteiger partial charge in [-0.15, -0.1) is 0 Å². The minimum atomic E-state index is 0. The molecule has 36 valence electrons. The lowest BCUT2D eigenvalue weighted by atomic mass is 11.8. The maximum absolute atomic E-state index is 7.00. The zero-order valence-corrected chi connectivity index (χ0v) is 3.60. The summed E-state index contributed by atoms with van der Waals surface area (Å²) in [6.45, 7) is 0. The van der Waals surface area contributed by atoms with E-state index in [0.717, 1.165) is 14.2 Å². The fourth-order valence-corrected chi connectivity index (χ4v) is 0. The van der Waals surface area contributed by atoms with Crippen LogP contribution in [0.3, 0.4) is 0 Å². The highest BCUT2D eigenvalue weighted by Crippen LogP contribution is 0.757. The molecule has 0 atom stereocenters. The van der Waals surface area contributed by atoms with Crippen molar-refractivity contribution in [2.45, 2.75) is 0 Å². The van der Waals surface area contributed by atoms with Crippen molar-refractivity contribution >= 4 is 0 Å². The number of hydrogen-bond donors (Lipinski definition) is 3. The molecule has 0 aliphatic heterocycles. The third-order valence-corrected chi connectivity index (χ3v) is 0. The second-order valence-electron chi connectivity index (χ2n) is 0. The van der Waals surface area contributed by atoms with Crippen molar-refractivity contribution in [1.29, 1.82) is 0 Å². The van der Waals surface area contributed by atoms with E-state index >= 15 is 0 Å². The molecule has 0 bridgehead atoms. The van der Waals surface area contributed by atoms with Crippen LogP contribution in [-0.2, 0) is 0 Å². The van der Waals surface area contributed by atoms with Crippen LogP contribution in [0.15, 0.2) is 0 Å². The van der Waals surface area contributed by atoms with E-state index in [1.54, 1.807) is 0 Å². The molecule has 0 aromatic heterocycles. The molecule has 5 heavy (non-hydrogen) atoms. The van der Waals surface area contributed by atoms with Crippen LogP contribution in [0, 0.1) is 0 Å². The number of aliphatic hydroxyl groups is 2. The average molecular weight is 81.1 g/mol. The van der Waals surface area contributed by atoms with Crippen LogP contribution < -0.4 is 6.15 Å². The van der Waals surface area contributed by atoms with Crippen molar-refractivity contribution in [2.24, 2.45) is 0 Å². The van der Waals surface area contributed by atoms with Crippen LogP contribution in [-0.4, -0.2) is 24.4 Å². The summed E-state index contributed by atoms with van der Waals surface area (Å²) in [4.78, 5) is 0. The maximum Gasteiger partial charge on any atom is 0.0319 e. The van der Waals surface area contributed by atoms with E-state index in [9.17, 15) is 0 Å². The number of aliphatic hydroxyl groups excluding tert-OH is 2. The molecule has 0 aromatic rings. The third kappa shape index (κ3) is 952. The van der Waals surface area contributed by atoms with Crippen molar-refractivity contribution in [3.8, 4) is 0 Å². The smallest absolute Gasteiger partial charge is 0.0319 e. The van der Waals surface area contributed by atoms with Crippen LogP contribution in [0.4, 0.5) is 0 Å². The molecule has 3 heteroatoms. The normalized spacial score (nSPS) is 2.40. The summed E-state index contributed by atoms with van der Waals surface area (Å²) in [6.07, 6.45) is 0. The molecule has 0 aliphatic carbocycles. The predicted molar refractivity (Wildman–Crippen MR) is 21.3 cm³/mol. The van der Waals surface area contributed by atoms with Gasteiger partial charge in [0.05, 0.1) is 0 Å². The van der Waals surface area contributed by atoms with Crippen LogP contribution in [0.1, 0.15) is 0 Å². The summed E-state index contributed by atoms with van der Waals surface area (Å²) in [5.41, 5.74) is 0. The van der Waals surface area contributed by atoms with Crippen LogP contribution in [0.2, 0.25) is 0 Å². The van der Waals surface area contributed by atoms with Crippen molar-refractivity contribution in [2.75, 3.05) is 14.2 Å². The van der Waals surface area contributed by atoms with Crippen LogP contribution in [0.25, 0.3) is 0 Å². The Bertz CT molecular complexity index is 7.61. The maximum atomic E-state index is 7.00. The Kier molecular flexibility index (Phi) is 9290. The van der Waals surface area contributed by atoms with Crippen molar-refractivity contribution in [1.82, 2.24) is 6.15 Å². The van der Waals surface area contributed by atoms with Gasteiger partial charge in [0.1, 0.15) is 0 Å². The largest absolute Gasteiger partial charge is 0.400 e. The molecule has 0 heterocycles. The Morgan fingerprint density at radius 2 is 0.800 bits per heavy atom. The predicted octanol–water partition coefficient (Wildman–Crippen LogP) is -0.621. The van der Waals surface area contributed by atoms with Crippen molar-refractivity contribution in [3.63, 3.8) is 0 Å². The fourth-order valence-electron chi connectivity index (χ4n) is 0. The van der Waals surface area contributed by atoms with Gasteiger partial charge >= 0.3 is 0 Å². The van der Waals surface area contributed by atoms with E-state index in [0.29, 0.717) is 0 Å². The van der Waals surface area contributed by atoms with Gasteiger partial charge in [0.25, 0.3) is 0 Å². The highest BCUT2D eigenvalue weighted by molar-refractivity contribution is 3.18. The van der Waals surface area contributed by atoms with E-state index in [-0.39, 0.29) is 6.15 Å². The minimum Gasteiger partial charge on any atom is -0.400 e. The Morgan fingerprint density at radius 1 is 0.800 bits per heavy atom. The van der Waals surface area contributed by atoms with Crippen LogP contribution in [0.5, 0.6) is 0 Å². The average Bonchev–Trinajstić information content (AvgIpc) is 1.50. The Labute approximate surface area is 31.8 Å². The first-order valence-electron chi connectivity index (χ1n) is 0.894. The summed E-state index contributed by atoms with van der Waals surface area (Å²) < 4.78 is 0. The molecule has 0 rings (SSSR count). The third-order valence-electron chi connectivity index (χ3n) is 0. The van der Waals surface area contributed by atoms with Gasteiger partial charge in [-0.1, -0.05) is 0 Å². The van der Waals surface area contributed by atoms with Gasteiger partial charge in [0.15, 0.2) is 0 Å². The molecule has 0 spiro atoms. The van der Waals surface area contributed by atoms with Gasteiger partial charge in [0.2, 0.25) is 0 Å². The molecule has 0 radical (unpaired) electrons. The zero-order chi connectivity index (χ0) is 4.00. The first kappa shape index (κ1) is 20.8. The topological polar surface area (TPSA) is 75.5 Å². The SMILES string of the molecule is CO.CO.N. The summed E-state index contributed by atoms with van der Waals surface area (Å²) >= 11 is 0. The second-order valence-corrected chi connectivity index (χ2v) is 0. The quantitative estimate of drug-likeness (QED) is 0.363. The standard InChI is InChI=1S/2CH4O.H3N/c2*1-2;/h2*2H,1H3;1H3. The second kappa shape index (κ2) is 2230. The lowest BCUT2D eigenvalue weighted by Crippen LogP contribution is -1.25. The van der Waals surface area contributed by atoms with Crippen molar-refractivity contribution in [3.05, 3.63) is 0 Å². The first-order chi connectivity index (χ1) is 2.00. The van der Waals surface area contributed by atoms with Gasteiger partial charge in [-0.3, -0.25) is 0 Å². The molecule has 0 unspecified atom stereocenters. The number of hydrogen-bond acceptors (Lipinski definition) is 3. The molecular formula is C2H11NO2. The minimum absolute atomic E-state index is 0. The van der Waals surface area contributed by atoms with E-state index < -0.39 is 0 Å². The molecule has 0 saturated heterocycles. The van der Waals surface area contributed by atoms with Crippen LogP contribution >= 0.6 is 0 Å². The summed E-state index contributed by atoms with van der Waals surface area (Å²) in [5.74, 6) is 0. The highest BCUT2D eigenvalue weighted by Gasteiger charge is 0.841. The number of rotatable bonds is 0. The fraction of sp³-hybridized carbons (Fsp3) is 1.00. The Morgan fingerprint density at radius 3 is 0.800 bits per heavy atom. The van der Waals surface area contributed by atoms with E-state index in [2.05, 4.69) is 0 Å². The lowest BCUT2D eigenvalue weighted by Gasteiger charge is -1.21. The van der Waals surface area contributed by atoms with Crippen molar-refractivity contribution < 1.29 is 10.2 Å². The first-order valence-corrected chi connectivity index (χ1v) is 0.894. The molecule has 3 nitrogen and oxygen atoms in total. The summed E-state index contributed by atoms with van der Waals surface area (Å²) in [6, 6.07) is 0. The molecule has 0 fully saturated rings. The molecule has 0 aromatic carbocycles. The van der Waals surface area contributed by atoms with E-state index in [1.165, 1.54) is 0 Å². The van der Waals surface area contributed by atoms with Gasteiger partial charge < -0.3 is 16.4 Å². The van der Waals surface area contributed by atoms with Gasteiger partial charge in [-0.2, -0.15) is 0 Å². The summed E-state index contributed by atoms with van der Waals surface area (Å²) in [5, 5.41) is 14.0. The summed E-state index contributed by atoms with van der Waals surface area (Å²) in [7, 11) is 2.00. The van der Waals surface area contributed by atoms with Gasteiger partial charge in [-0.25, -0.2) is 0 Å². The molecule has 0 amide bonds. The van der Waals surface area contributed by atoms with Gasteiger partial charge in [-0.05, 0) is 0 Å². The Hall–Kier alpha value is -0.120.